The minimum atomic E-state index is -0.864. The van der Waals surface area contributed by atoms with E-state index in [4.69, 9.17) is 4.74 Å². The summed E-state index contributed by atoms with van der Waals surface area (Å²) in [6.45, 7) is 5.23. The van der Waals surface area contributed by atoms with E-state index in [1.807, 2.05) is 25.1 Å². The molecule has 2 rings (SSSR count). The third kappa shape index (κ3) is 4.29. The molecule has 1 N–H and O–H groups in total. The zero-order chi connectivity index (χ0) is 17.0. The number of ether oxygens (including phenoxy) is 1. The smallest absolute Gasteiger partial charge is 0.311 e. The average molecular weight is 314 g/mol. The minimum Gasteiger partial charge on any atom is -0.474 e. The first-order chi connectivity index (χ1) is 10.9. The predicted molar refractivity (Wildman–Crippen MR) is 87.7 cm³/mol. The number of nitrogens with one attached hydrogen (secondary N) is 1. The molecule has 0 radical (unpaired) electrons. The van der Waals surface area contributed by atoms with Crippen LogP contribution < -0.4 is 10.1 Å². The molecule has 0 spiro atoms. The first-order valence-corrected chi connectivity index (χ1v) is 7.16. The number of anilines is 1. The van der Waals surface area contributed by atoms with Crippen molar-refractivity contribution in [1.29, 1.82) is 0 Å². The van der Waals surface area contributed by atoms with Gasteiger partial charge < -0.3 is 10.1 Å². The molecule has 0 aliphatic carbocycles. The summed E-state index contributed by atoms with van der Waals surface area (Å²) in [6, 6.07) is 12.0. The molecule has 0 heterocycles. The lowest BCUT2D eigenvalue weighted by molar-refractivity contribution is -0.386. The lowest BCUT2D eigenvalue weighted by atomic mass is 10.2. The minimum absolute atomic E-state index is 0.0764. The van der Waals surface area contributed by atoms with Crippen LogP contribution in [0.15, 0.2) is 42.5 Å². The van der Waals surface area contributed by atoms with Gasteiger partial charge in [-0.1, -0.05) is 18.2 Å². The van der Waals surface area contributed by atoms with Gasteiger partial charge in [0.15, 0.2) is 11.9 Å². The van der Waals surface area contributed by atoms with Gasteiger partial charge in [0.05, 0.1) is 4.92 Å². The van der Waals surface area contributed by atoms with Crippen LogP contribution >= 0.6 is 0 Å². The van der Waals surface area contributed by atoms with E-state index in [0.717, 1.165) is 11.1 Å². The van der Waals surface area contributed by atoms with Gasteiger partial charge in [-0.3, -0.25) is 14.9 Å². The second-order valence-corrected chi connectivity index (χ2v) is 5.35. The highest BCUT2D eigenvalue weighted by Crippen LogP contribution is 2.28. The fraction of sp³-hybridized carbons (Fsp3) is 0.235. The number of aryl methyl sites for hydroxylation is 2. The van der Waals surface area contributed by atoms with E-state index in [9.17, 15) is 14.9 Å². The molecule has 0 saturated carbocycles. The molecule has 1 amide bonds. The molecule has 0 aromatic heterocycles. The molecule has 0 bridgehead atoms. The maximum atomic E-state index is 12.2. The molecular weight excluding hydrogens is 296 g/mol. The van der Waals surface area contributed by atoms with Crippen LogP contribution in [0.3, 0.4) is 0 Å². The highest BCUT2D eigenvalue weighted by Gasteiger charge is 2.21. The molecule has 23 heavy (non-hydrogen) atoms. The van der Waals surface area contributed by atoms with Gasteiger partial charge in [-0.15, -0.1) is 0 Å². The van der Waals surface area contributed by atoms with Crippen LogP contribution in [0.5, 0.6) is 5.75 Å². The van der Waals surface area contributed by atoms with Crippen LogP contribution in [-0.4, -0.2) is 16.9 Å². The van der Waals surface area contributed by atoms with Gasteiger partial charge in [0.2, 0.25) is 0 Å². The van der Waals surface area contributed by atoms with E-state index < -0.39 is 11.0 Å². The lowest BCUT2D eigenvalue weighted by Gasteiger charge is -2.15. The molecule has 0 aliphatic heterocycles. The molecule has 2 aromatic rings. The Balaban J connectivity index is 2.11. The van der Waals surface area contributed by atoms with Crippen molar-refractivity contribution in [2.45, 2.75) is 26.9 Å². The van der Waals surface area contributed by atoms with Gasteiger partial charge >= 0.3 is 5.69 Å². The van der Waals surface area contributed by atoms with Gasteiger partial charge in [-0.2, -0.15) is 0 Å². The third-order valence-electron chi connectivity index (χ3n) is 3.27. The average Bonchev–Trinajstić information content (AvgIpc) is 2.48. The summed E-state index contributed by atoms with van der Waals surface area (Å²) in [5.41, 5.74) is 2.27. The van der Waals surface area contributed by atoms with Gasteiger partial charge in [-0.05, 0) is 50.1 Å². The Morgan fingerprint density at radius 3 is 2.52 bits per heavy atom. The Morgan fingerprint density at radius 1 is 1.17 bits per heavy atom. The van der Waals surface area contributed by atoms with E-state index in [0.29, 0.717) is 5.69 Å². The van der Waals surface area contributed by atoms with Crippen LogP contribution in [-0.2, 0) is 4.79 Å². The SMILES string of the molecule is Cc1cccc(NC(=O)[C@@H](C)Oc2ccc(C)cc2[N+](=O)[O-])c1. The second kappa shape index (κ2) is 6.91. The van der Waals surface area contributed by atoms with E-state index in [1.165, 1.54) is 12.1 Å². The fourth-order valence-corrected chi connectivity index (χ4v) is 2.08. The summed E-state index contributed by atoms with van der Waals surface area (Å²) in [5, 5.41) is 13.8. The van der Waals surface area contributed by atoms with E-state index >= 15 is 0 Å². The van der Waals surface area contributed by atoms with Crippen molar-refractivity contribution in [3.8, 4) is 5.75 Å². The van der Waals surface area contributed by atoms with Crippen molar-refractivity contribution in [1.82, 2.24) is 0 Å². The van der Waals surface area contributed by atoms with Crippen LogP contribution in [0.4, 0.5) is 11.4 Å². The molecule has 6 nitrogen and oxygen atoms in total. The maximum Gasteiger partial charge on any atom is 0.311 e. The number of carbonyl (C=O) groups is 1. The molecule has 0 saturated heterocycles. The summed E-state index contributed by atoms with van der Waals surface area (Å²) in [5.74, 6) is -0.294. The highest BCUT2D eigenvalue weighted by molar-refractivity contribution is 5.94. The highest BCUT2D eigenvalue weighted by atomic mass is 16.6. The summed E-state index contributed by atoms with van der Waals surface area (Å²) in [6.07, 6.45) is -0.864. The van der Waals surface area contributed by atoms with Crippen LogP contribution in [0.1, 0.15) is 18.1 Å². The molecule has 6 heteroatoms. The third-order valence-corrected chi connectivity index (χ3v) is 3.27. The van der Waals surface area contributed by atoms with Gasteiger partial charge in [0.25, 0.3) is 5.91 Å². The molecule has 0 aliphatic rings. The van der Waals surface area contributed by atoms with E-state index in [-0.39, 0.29) is 17.3 Å². The van der Waals surface area contributed by atoms with Crippen molar-refractivity contribution in [2.75, 3.05) is 5.32 Å². The number of nitrogens with zero attached hydrogens (tertiary/aromatic N) is 1. The van der Waals surface area contributed by atoms with Gasteiger partial charge in [0, 0.05) is 11.8 Å². The van der Waals surface area contributed by atoms with Crippen molar-refractivity contribution in [2.24, 2.45) is 0 Å². The first kappa shape index (κ1) is 16.5. The second-order valence-electron chi connectivity index (χ2n) is 5.35. The number of amides is 1. The molecule has 0 fully saturated rings. The number of rotatable bonds is 5. The van der Waals surface area contributed by atoms with Crippen LogP contribution in [0, 0.1) is 24.0 Å². The van der Waals surface area contributed by atoms with Crippen LogP contribution in [0.2, 0.25) is 0 Å². The predicted octanol–water partition coefficient (Wildman–Crippen LogP) is 3.62. The fourth-order valence-electron chi connectivity index (χ4n) is 2.08. The number of hydrogen-bond donors (Lipinski definition) is 1. The Bertz CT molecular complexity index is 743. The molecular formula is C17H18N2O4. The number of nitro groups is 1. The van der Waals surface area contributed by atoms with Crippen LogP contribution in [0.25, 0.3) is 0 Å². The van der Waals surface area contributed by atoms with Crippen molar-refractivity contribution in [3.05, 3.63) is 63.7 Å². The normalized spacial score (nSPS) is 11.6. The van der Waals surface area contributed by atoms with Gasteiger partial charge in [0.1, 0.15) is 0 Å². The summed E-state index contributed by atoms with van der Waals surface area (Å²) in [4.78, 5) is 22.7. The molecule has 2 aromatic carbocycles. The largest absolute Gasteiger partial charge is 0.474 e. The lowest BCUT2D eigenvalue weighted by Crippen LogP contribution is -2.30. The number of nitro benzene ring substituents is 1. The number of hydrogen-bond acceptors (Lipinski definition) is 4. The topological polar surface area (TPSA) is 81.5 Å². The quantitative estimate of drug-likeness (QED) is 0.675. The summed E-state index contributed by atoms with van der Waals surface area (Å²) in [7, 11) is 0. The Kier molecular flexibility index (Phi) is 4.95. The summed E-state index contributed by atoms with van der Waals surface area (Å²) < 4.78 is 5.47. The summed E-state index contributed by atoms with van der Waals surface area (Å²) >= 11 is 0. The van der Waals surface area contributed by atoms with Crippen molar-refractivity contribution in [3.63, 3.8) is 0 Å². The first-order valence-electron chi connectivity index (χ1n) is 7.16. The van der Waals surface area contributed by atoms with Crippen molar-refractivity contribution >= 4 is 17.3 Å². The van der Waals surface area contributed by atoms with E-state index in [1.54, 1.807) is 26.0 Å². The molecule has 0 unspecified atom stereocenters. The molecule has 120 valence electrons. The van der Waals surface area contributed by atoms with E-state index in [2.05, 4.69) is 5.32 Å². The zero-order valence-electron chi connectivity index (χ0n) is 13.2. The maximum absolute atomic E-state index is 12.2. The van der Waals surface area contributed by atoms with Crippen molar-refractivity contribution < 1.29 is 14.5 Å². The standard InChI is InChI=1S/C17H18N2O4/c1-11-5-4-6-14(9-11)18-17(20)13(3)23-16-8-7-12(2)10-15(16)19(21)22/h4-10,13H,1-3H3,(H,18,20)/t13-/m1/s1. The molecule has 1 atom stereocenters. The zero-order valence-corrected chi connectivity index (χ0v) is 13.2. The Hall–Kier alpha value is -2.89. The monoisotopic (exact) mass is 314 g/mol. The number of carbonyl (C=O) groups excluding carboxylic acids is 1. The Labute approximate surface area is 134 Å². The Morgan fingerprint density at radius 2 is 1.87 bits per heavy atom. The number of benzene rings is 2. The van der Waals surface area contributed by atoms with Gasteiger partial charge in [-0.25, -0.2) is 0 Å².